The first-order valence-corrected chi connectivity index (χ1v) is 10.2. The van der Waals surface area contributed by atoms with Crippen LogP contribution in [0.5, 0.6) is 0 Å². The van der Waals surface area contributed by atoms with E-state index in [1.165, 1.54) is 25.7 Å². The highest BCUT2D eigenvalue weighted by Gasteiger charge is 2.35. The second-order valence-corrected chi connectivity index (χ2v) is 8.41. The Morgan fingerprint density at radius 2 is 1.73 bits per heavy atom. The lowest BCUT2D eigenvalue weighted by Crippen LogP contribution is -2.52. The van der Waals surface area contributed by atoms with Gasteiger partial charge in [-0.3, -0.25) is 4.99 Å². The fourth-order valence-electron chi connectivity index (χ4n) is 4.18. The van der Waals surface area contributed by atoms with Gasteiger partial charge in [-0.15, -0.1) is 24.0 Å². The number of nitrogens with zero attached hydrogens (tertiary/aromatic N) is 3. The SMILES string of the molecule is CCNC(=NCC1(N(C)C)CCOCC1)N(C)CC1CCC(C)CC1.I. The van der Waals surface area contributed by atoms with Crippen LogP contribution in [0, 0.1) is 11.8 Å². The van der Waals surface area contributed by atoms with Crippen LogP contribution in [0.1, 0.15) is 52.4 Å². The van der Waals surface area contributed by atoms with Gasteiger partial charge < -0.3 is 19.9 Å². The van der Waals surface area contributed by atoms with Gasteiger partial charge in [0.15, 0.2) is 5.96 Å². The third-order valence-electron chi connectivity index (χ3n) is 6.26. The second kappa shape index (κ2) is 11.7. The van der Waals surface area contributed by atoms with Crippen LogP contribution < -0.4 is 5.32 Å². The molecule has 1 aliphatic carbocycles. The van der Waals surface area contributed by atoms with Crippen molar-refractivity contribution in [3.63, 3.8) is 0 Å². The minimum Gasteiger partial charge on any atom is -0.381 e. The van der Waals surface area contributed by atoms with Crippen molar-refractivity contribution in [3.8, 4) is 0 Å². The number of guanidine groups is 1. The van der Waals surface area contributed by atoms with Crippen molar-refractivity contribution in [2.45, 2.75) is 57.9 Å². The molecule has 0 bridgehead atoms. The summed E-state index contributed by atoms with van der Waals surface area (Å²) < 4.78 is 5.58. The van der Waals surface area contributed by atoms with E-state index in [9.17, 15) is 0 Å². The van der Waals surface area contributed by atoms with E-state index in [2.05, 4.69) is 50.1 Å². The molecule has 0 aromatic rings. The van der Waals surface area contributed by atoms with Gasteiger partial charge in [-0.1, -0.05) is 19.8 Å². The molecule has 26 heavy (non-hydrogen) atoms. The number of ether oxygens (including phenoxy) is 1. The van der Waals surface area contributed by atoms with Crippen molar-refractivity contribution < 1.29 is 4.74 Å². The molecular weight excluding hydrogens is 439 g/mol. The van der Waals surface area contributed by atoms with Crippen LogP contribution in [0.25, 0.3) is 0 Å². The van der Waals surface area contributed by atoms with Crippen LogP contribution in [-0.4, -0.2) is 75.3 Å². The first-order valence-electron chi connectivity index (χ1n) is 10.2. The predicted octanol–water partition coefficient (Wildman–Crippen LogP) is 3.44. The van der Waals surface area contributed by atoms with Crippen molar-refractivity contribution in [2.75, 3.05) is 54.0 Å². The Balaban J connectivity index is 0.00000338. The lowest BCUT2D eigenvalue weighted by molar-refractivity contribution is -0.00263. The van der Waals surface area contributed by atoms with Gasteiger partial charge >= 0.3 is 0 Å². The molecular formula is C20H41IN4O. The predicted molar refractivity (Wildman–Crippen MR) is 122 cm³/mol. The minimum absolute atomic E-state index is 0. The molecule has 2 rings (SSSR count). The Kier molecular flexibility index (Phi) is 10.8. The van der Waals surface area contributed by atoms with E-state index < -0.39 is 0 Å². The number of hydrogen-bond donors (Lipinski definition) is 1. The van der Waals surface area contributed by atoms with Gasteiger partial charge in [0.05, 0.1) is 6.54 Å². The van der Waals surface area contributed by atoms with Crippen molar-refractivity contribution in [3.05, 3.63) is 0 Å². The Bertz CT molecular complexity index is 416. The molecule has 1 N–H and O–H groups in total. The van der Waals surface area contributed by atoms with Crippen LogP contribution in [0.3, 0.4) is 0 Å². The Morgan fingerprint density at radius 1 is 1.12 bits per heavy atom. The highest BCUT2D eigenvalue weighted by atomic mass is 127. The van der Waals surface area contributed by atoms with E-state index >= 15 is 0 Å². The van der Waals surface area contributed by atoms with Crippen LogP contribution in [0.2, 0.25) is 0 Å². The molecule has 2 fully saturated rings. The largest absolute Gasteiger partial charge is 0.381 e. The van der Waals surface area contributed by atoms with E-state index in [-0.39, 0.29) is 29.5 Å². The standard InChI is InChI=1S/C20H40N4O.HI/c1-6-21-19(24(5)15-18-9-7-17(2)8-10-18)22-16-20(23(3)4)11-13-25-14-12-20;/h17-18H,6-16H2,1-5H3,(H,21,22);1H. The maximum absolute atomic E-state index is 5.58. The number of nitrogens with one attached hydrogen (secondary N) is 1. The number of hydrogen-bond acceptors (Lipinski definition) is 3. The fourth-order valence-corrected chi connectivity index (χ4v) is 4.18. The third kappa shape index (κ3) is 6.82. The molecule has 1 saturated carbocycles. The number of rotatable bonds is 6. The molecule has 0 radical (unpaired) electrons. The summed E-state index contributed by atoms with van der Waals surface area (Å²) >= 11 is 0. The molecule has 0 aromatic heterocycles. The third-order valence-corrected chi connectivity index (χ3v) is 6.26. The maximum Gasteiger partial charge on any atom is 0.193 e. The van der Waals surface area contributed by atoms with Crippen LogP contribution in [0.4, 0.5) is 0 Å². The summed E-state index contributed by atoms with van der Waals surface area (Å²) in [6.07, 6.45) is 7.62. The Morgan fingerprint density at radius 3 is 2.27 bits per heavy atom. The van der Waals surface area contributed by atoms with Crippen LogP contribution in [0.15, 0.2) is 4.99 Å². The fraction of sp³-hybridized carbons (Fsp3) is 0.950. The summed E-state index contributed by atoms with van der Waals surface area (Å²) in [6.45, 7) is 9.12. The average Bonchev–Trinajstić information content (AvgIpc) is 2.61. The molecule has 1 heterocycles. The van der Waals surface area contributed by atoms with Crippen LogP contribution >= 0.6 is 24.0 Å². The maximum atomic E-state index is 5.58. The molecule has 0 spiro atoms. The molecule has 1 saturated heterocycles. The smallest absolute Gasteiger partial charge is 0.193 e. The quantitative estimate of drug-likeness (QED) is 0.359. The number of likely N-dealkylation sites (N-methyl/N-ethyl adjacent to an activating group) is 1. The highest BCUT2D eigenvalue weighted by Crippen LogP contribution is 2.29. The van der Waals surface area contributed by atoms with E-state index in [0.717, 1.165) is 63.5 Å². The van der Waals surface area contributed by atoms with Gasteiger partial charge in [0.25, 0.3) is 0 Å². The van der Waals surface area contributed by atoms with E-state index in [1.54, 1.807) is 0 Å². The van der Waals surface area contributed by atoms with Crippen LogP contribution in [-0.2, 0) is 4.74 Å². The highest BCUT2D eigenvalue weighted by molar-refractivity contribution is 14.0. The normalized spacial score (nSPS) is 26.3. The molecule has 6 heteroatoms. The van der Waals surface area contributed by atoms with Gasteiger partial charge in [0.2, 0.25) is 0 Å². The van der Waals surface area contributed by atoms with Gasteiger partial charge in [-0.25, -0.2) is 0 Å². The molecule has 154 valence electrons. The van der Waals surface area contributed by atoms with Crippen molar-refractivity contribution in [1.82, 2.24) is 15.1 Å². The zero-order valence-electron chi connectivity index (χ0n) is 17.6. The van der Waals surface area contributed by atoms with Gasteiger partial charge in [-0.05, 0) is 58.5 Å². The van der Waals surface area contributed by atoms with Gasteiger partial charge in [0.1, 0.15) is 0 Å². The summed E-state index contributed by atoms with van der Waals surface area (Å²) in [7, 11) is 6.56. The molecule has 0 unspecified atom stereocenters. The lowest BCUT2D eigenvalue weighted by atomic mass is 9.83. The monoisotopic (exact) mass is 480 g/mol. The molecule has 0 atom stereocenters. The van der Waals surface area contributed by atoms with Gasteiger partial charge in [0, 0.05) is 38.9 Å². The summed E-state index contributed by atoms with van der Waals surface area (Å²) in [6, 6.07) is 0. The average molecular weight is 480 g/mol. The zero-order valence-corrected chi connectivity index (χ0v) is 19.9. The topological polar surface area (TPSA) is 40.1 Å². The Hall–Kier alpha value is -0.0800. The molecule has 1 aliphatic heterocycles. The van der Waals surface area contributed by atoms with Crippen molar-refractivity contribution >= 4 is 29.9 Å². The van der Waals surface area contributed by atoms with Gasteiger partial charge in [-0.2, -0.15) is 0 Å². The second-order valence-electron chi connectivity index (χ2n) is 8.41. The van der Waals surface area contributed by atoms with E-state index in [0.29, 0.717) is 0 Å². The zero-order chi connectivity index (χ0) is 18.3. The number of aliphatic imine (C=N–C) groups is 1. The molecule has 2 aliphatic rings. The molecule has 0 aromatic carbocycles. The number of halogens is 1. The first kappa shape index (κ1) is 24.0. The minimum atomic E-state index is 0. The first-order chi connectivity index (χ1) is 12.0. The summed E-state index contributed by atoms with van der Waals surface area (Å²) in [5, 5.41) is 3.50. The molecule has 0 amide bonds. The van der Waals surface area contributed by atoms with Crippen molar-refractivity contribution in [1.29, 1.82) is 0 Å². The van der Waals surface area contributed by atoms with Crippen molar-refractivity contribution in [2.24, 2.45) is 16.8 Å². The molecule has 5 nitrogen and oxygen atoms in total. The summed E-state index contributed by atoms with van der Waals surface area (Å²) in [5.74, 6) is 2.79. The summed E-state index contributed by atoms with van der Waals surface area (Å²) in [4.78, 5) is 9.75. The lowest BCUT2D eigenvalue weighted by Gasteiger charge is -2.42. The summed E-state index contributed by atoms with van der Waals surface area (Å²) in [5.41, 5.74) is 0.139. The van der Waals surface area contributed by atoms with E-state index in [4.69, 9.17) is 9.73 Å². The van der Waals surface area contributed by atoms with E-state index in [1.807, 2.05) is 0 Å². The Labute approximate surface area is 178 Å².